The minimum atomic E-state index is -0.167. The first-order valence-corrected chi connectivity index (χ1v) is 8.43. The van der Waals surface area contributed by atoms with Crippen LogP contribution in [-0.2, 0) is 6.54 Å². The summed E-state index contributed by atoms with van der Waals surface area (Å²) < 4.78 is 1.91. The fraction of sp³-hybridized carbons (Fsp3) is 0.444. The number of anilines is 1. The maximum Gasteiger partial charge on any atom is 0.276 e. The van der Waals surface area contributed by atoms with E-state index < -0.39 is 0 Å². The van der Waals surface area contributed by atoms with Crippen molar-refractivity contribution in [3.8, 4) is 0 Å². The first-order valence-electron chi connectivity index (χ1n) is 8.43. The molecule has 1 aromatic carbocycles. The molecule has 1 fully saturated rings. The Morgan fingerprint density at radius 2 is 2.15 bits per heavy atom. The number of carbonyl (C=O) groups is 1. The van der Waals surface area contributed by atoms with Crippen molar-refractivity contribution in [1.29, 1.82) is 0 Å². The van der Waals surface area contributed by atoms with Crippen LogP contribution < -0.4 is 10.6 Å². The molecule has 0 spiro atoms. The topological polar surface area (TPSA) is 62.2 Å². The van der Waals surface area contributed by atoms with E-state index in [1.54, 1.807) is 6.07 Å². The molecule has 1 aliphatic heterocycles. The van der Waals surface area contributed by atoms with Gasteiger partial charge in [-0.3, -0.25) is 9.48 Å². The second-order valence-electron chi connectivity index (χ2n) is 6.57. The lowest BCUT2D eigenvalue weighted by molar-refractivity contribution is 0.102. The molecule has 2 N–H and O–H groups in total. The highest BCUT2D eigenvalue weighted by molar-refractivity contribution is 6.02. The quantitative estimate of drug-likeness (QED) is 0.810. The van der Waals surface area contributed by atoms with Gasteiger partial charge in [-0.15, -0.1) is 24.8 Å². The van der Waals surface area contributed by atoms with Gasteiger partial charge in [0.15, 0.2) is 5.69 Å². The molecule has 3 rings (SSSR count). The van der Waals surface area contributed by atoms with Gasteiger partial charge in [-0.25, -0.2) is 0 Å². The van der Waals surface area contributed by atoms with Crippen molar-refractivity contribution >= 4 is 36.4 Å². The molecule has 1 atom stereocenters. The molecule has 2 aromatic rings. The summed E-state index contributed by atoms with van der Waals surface area (Å²) >= 11 is 0. The summed E-state index contributed by atoms with van der Waals surface area (Å²) in [5.74, 6) is -0.167. The average molecular weight is 400 g/mol. The van der Waals surface area contributed by atoms with Gasteiger partial charge >= 0.3 is 0 Å². The van der Waals surface area contributed by atoms with Crippen LogP contribution in [0.15, 0.2) is 36.5 Å². The predicted molar refractivity (Wildman–Crippen MR) is 110 cm³/mol. The van der Waals surface area contributed by atoms with Crippen LogP contribution in [0.4, 0.5) is 5.69 Å². The summed E-state index contributed by atoms with van der Waals surface area (Å²) in [5, 5.41) is 10.8. The van der Waals surface area contributed by atoms with Crippen molar-refractivity contribution in [3.05, 3.63) is 47.8 Å². The summed E-state index contributed by atoms with van der Waals surface area (Å²) in [7, 11) is 4.05. The number of hydrogen-bond donors (Lipinski definition) is 2. The molecule has 26 heavy (non-hydrogen) atoms. The van der Waals surface area contributed by atoms with Crippen LogP contribution in [0.25, 0.3) is 0 Å². The third-order valence-corrected chi connectivity index (χ3v) is 4.17. The minimum Gasteiger partial charge on any atom is -0.321 e. The first-order chi connectivity index (χ1) is 11.6. The molecule has 1 unspecified atom stereocenters. The number of halogens is 2. The number of piperidine rings is 1. The van der Waals surface area contributed by atoms with Crippen molar-refractivity contribution in [2.75, 3.05) is 32.5 Å². The van der Waals surface area contributed by atoms with Crippen molar-refractivity contribution < 1.29 is 4.79 Å². The van der Waals surface area contributed by atoms with Gasteiger partial charge in [0, 0.05) is 25.0 Å². The number of nitrogens with zero attached hydrogens (tertiary/aromatic N) is 3. The number of rotatable bonds is 5. The molecule has 0 radical (unpaired) electrons. The Morgan fingerprint density at radius 3 is 2.85 bits per heavy atom. The van der Waals surface area contributed by atoms with Gasteiger partial charge in [0.25, 0.3) is 5.91 Å². The van der Waals surface area contributed by atoms with Crippen LogP contribution >= 0.6 is 24.8 Å². The van der Waals surface area contributed by atoms with Gasteiger partial charge in [0.05, 0.1) is 6.04 Å². The smallest absolute Gasteiger partial charge is 0.276 e. The predicted octanol–water partition coefficient (Wildman–Crippen LogP) is 2.97. The van der Waals surface area contributed by atoms with Crippen LogP contribution in [0.5, 0.6) is 0 Å². The van der Waals surface area contributed by atoms with Crippen molar-refractivity contribution in [2.45, 2.75) is 25.4 Å². The van der Waals surface area contributed by atoms with Gasteiger partial charge in [0.1, 0.15) is 0 Å². The van der Waals surface area contributed by atoms with E-state index in [9.17, 15) is 4.79 Å². The zero-order chi connectivity index (χ0) is 16.9. The minimum absolute atomic E-state index is 0. The van der Waals surface area contributed by atoms with Crippen LogP contribution in [0.1, 0.15) is 34.9 Å². The van der Waals surface area contributed by atoms with E-state index in [1.165, 1.54) is 0 Å². The zero-order valence-electron chi connectivity index (χ0n) is 15.1. The molecule has 0 saturated carbocycles. The van der Waals surface area contributed by atoms with Crippen molar-refractivity contribution in [1.82, 2.24) is 20.0 Å². The highest BCUT2D eigenvalue weighted by atomic mass is 35.5. The molecule has 0 bridgehead atoms. The Labute approximate surface area is 167 Å². The number of amides is 1. The Kier molecular flexibility index (Phi) is 9.08. The largest absolute Gasteiger partial charge is 0.321 e. The third kappa shape index (κ3) is 5.99. The summed E-state index contributed by atoms with van der Waals surface area (Å²) in [6, 6.07) is 10.0. The molecule has 0 aliphatic carbocycles. The summed E-state index contributed by atoms with van der Waals surface area (Å²) in [6.07, 6.45) is 4.14. The molecule has 2 heterocycles. The van der Waals surface area contributed by atoms with E-state index in [2.05, 4.69) is 26.7 Å². The maximum atomic E-state index is 12.4. The van der Waals surface area contributed by atoms with E-state index >= 15 is 0 Å². The lowest BCUT2D eigenvalue weighted by atomic mass is 10.1. The van der Waals surface area contributed by atoms with E-state index in [0.717, 1.165) is 43.7 Å². The maximum absolute atomic E-state index is 12.4. The van der Waals surface area contributed by atoms with E-state index in [0.29, 0.717) is 11.7 Å². The normalized spacial score (nSPS) is 16.5. The van der Waals surface area contributed by atoms with Crippen LogP contribution in [0.2, 0.25) is 0 Å². The van der Waals surface area contributed by atoms with E-state index in [-0.39, 0.29) is 30.7 Å². The molecule has 1 aliphatic rings. The third-order valence-electron chi connectivity index (χ3n) is 4.17. The van der Waals surface area contributed by atoms with Gasteiger partial charge in [-0.05, 0) is 57.2 Å². The zero-order valence-corrected chi connectivity index (χ0v) is 16.8. The molecular formula is C18H27Cl2N5O. The SMILES string of the molecule is CN(C)Cc1cccc(NC(=O)c2ccn(C3CCCNC3)n2)c1.Cl.Cl. The van der Waals surface area contributed by atoms with Gasteiger partial charge in [-0.1, -0.05) is 12.1 Å². The van der Waals surface area contributed by atoms with Gasteiger partial charge < -0.3 is 15.5 Å². The lowest BCUT2D eigenvalue weighted by Crippen LogP contribution is -2.32. The Morgan fingerprint density at radius 1 is 1.35 bits per heavy atom. The fourth-order valence-corrected chi connectivity index (χ4v) is 3.03. The second-order valence-corrected chi connectivity index (χ2v) is 6.57. The van der Waals surface area contributed by atoms with Gasteiger partial charge in [-0.2, -0.15) is 5.10 Å². The Balaban J connectivity index is 0.00000169. The summed E-state index contributed by atoms with van der Waals surface area (Å²) in [4.78, 5) is 14.5. The van der Waals surface area contributed by atoms with Gasteiger partial charge in [0.2, 0.25) is 0 Å². The highest BCUT2D eigenvalue weighted by Crippen LogP contribution is 2.17. The molecule has 1 aromatic heterocycles. The van der Waals surface area contributed by atoms with Crippen LogP contribution in [-0.4, -0.2) is 47.8 Å². The number of aromatic nitrogens is 2. The second kappa shape index (κ2) is 10.5. The summed E-state index contributed by atoms with van der Waals surface area (Å²) in [6.45, 7) is 2.82. The Hall–Kier alpha value is -1.60. The molecule has 1 saturated heterocycles. The molecular weight excluding hydrogens is 373 g/mol. The standard InChI is InChI=1S/C18H25N5O.2ClH/c1-22(2)13-14-5-3-6-15(11-14)20-18(24)17-8-10-23(21-17)16-7-4-9-19-12-16;;/h3,5-6,8,10-11,16,19H,4,7,9,12-13H2,1-2H3,(H,20,24);2*1H. The Bertz CT molecular complexity index is 698. The number of carbonyl (C=O) groups excluding carboxylic acids is 1. The van der Waals surface area contributed by atoms with Crippen molar-refractivity contribution in [3.63, 3.8) is 0 Å². The summed E-state index contributed by atoms with van der Waals surface area (Å²) in [5.41, 5.74) is 2.42. The average Bonchev–Trinajstić information content (AvgIpc) is 3.05. The molecule has 144 valence electrons. The van der Waals surface area contributed by atoms with E-state index in [1.807, 2.05) is 43.2 Å². The number of nitrogens with one attached hydrogen (secondary N) is 2. The first kappa shape index (κ1) is 22.4. The molecule has 8 heteroatoms. The molecule has 1 amide bonds. The molecule has 6 nitrogen and oxygen atoms in total. The number of hydrogen-bond acceptors (Lipinski definition) is 4. The van der Waals surface area contributed by atoms with Crippen molar-refractivity contribution in [2.24, 2.45) is 0 Å². The highest BCUT2D eigenvalue weighted by Gasteiger charge is 2.17. The number of benzene rings is 1. The fourth-order valence-electron chi connectivity index (χ4n) is 3.03. The monoisotopic (exact) mass is 399 g/mol. The van der Waals surface area contributed by atoms with Crippen LogP contribution in [0.3, 0.4) is 0 Å². The lowest BCUT2D eigenvalue weighted by Gasteiger charge is -2.22. The van der Waals surface area contributed by atoms with Crippen LogP contribution in [0, 0.1) is 0 Å². The van der Waals surface area contributed by atoms with E-state index in [4.69, 9.17) is 0 Å².